The fourth-order valence-corrected chi connectivity index (χ4v) is 3.65. The number of rotatable bonds is 7. The molecule has 0 spiro atoms. The summed E-state index contributed by atoms with van der Waals surface area (Å²) < 4.78 is 0. The van der Waals surface area contributed by atoms with Gasteiger partial charge in [-0.25, -0.2) is 0 Å². The molecule has 5 heteroatoms. The van der Waals surface area contributed by atoms with Gasteiger partial charge in [-0.3, -0.25) is 9.69 Å². The normalized spacial score (nSPS) is 16.1. The zero-order valence-corrected chi connectivity index (χ0v) is 16.7. The van der Waals surface area contributed by atoms with Crippen LogP contribution in [0.3, 0.4) is 0 Å². The molecule has 0 aliphatic carbocycles. The van der Waals surface area contributed by atoms with E-state index in [4.69, 9.17) is 11.6 Å². The molecule has 1 N–H and O–H groups in total. The Bertz CT molecular complexity index is 729. The first-order chi connectivity index (χ1) is 13.1. The van der Waals surface area contributed by atoms with E-state index in [1.54, 1.807) is 0 Å². The van der Waals surface area contributed by atoms with E-state index in [1.165, 1.54) is 5.56 Å². The lowest BCUT2D eigenvalue weighted by Gasteiger charge is -2.36. The van der Waals surface area contributed by atoms with Gasteiger partial charge in [0.15, 0.2) is 0 Å². The highest BCUT2D eigenvalue weighted by molar-refractivity contribution is 6.30. The number of benzene rings is 2. The topological polar surface area (TPSA) is 35.6 Å². The van der Waals surface area contributed by atoms with Crippen LogP contribution in [0.25, 0.3) is 0 Å². The number of carbonyl (C=O) groups is 1. The SMILES string of the molecule is C[C@H](CCc1ccccc1)NC(=O)CN1CCN(c2cccc(Cl)c2)CC1. The first-order valence-corrected chi connectivity index (χ1v) is 10.0. The Hall–Kier alpha value is -2.04. The van der Waals surface area contributed by atoms with Gasteiger partial charge >= 0.3 is 0 Å². The number of piperazine rings is 1. The second kappa shape index (κ2) is 9.77. The second-order valence-electron chi connectivity index (χ2n) is 7.24. The van der Waals surface area contributed by atoms with Crippen molar-refractivity contribution in [3.63, 3.8) is 0 Å². The van der Waals surface area contributed by atoms with E-state index in [1.807, 2.05) is 24.3 Å². The Kier molecular flexibility index (Phi) is 7.13. The molecule has 0 saturated carbocycles. The highest BCUT2D eigenvalue weighted by Gasteiger charge is 2.20. The van der Waals surface area contributed by atoms with E-state index in [2.05, 4.69) is 52.4 Å². The molecule has 1 atom stereocenters. The van der Waals surface area contributed by atoms with Crippen LogP contribution < -0.4 is 10.2 Å². The lowest BCUT2D eigenvalue weighted by molar-refractivity contribution is -0.122. The third-order valence-electron chi connectivity index (χ3n) is 5.03. The van der Waals surface area contributed by atoms with E-state index < -0.39 is 0 Å². The minimum atomic E-state index is 0.117. The number of amides is 1. The van der Waals surface area contributed by atoms with Crippen molar-refractivity contribution in [2.75, 3.05) is 37.6 Å². The maximum absolute atomic E-state index is 12.3. The predicted molar refractivity (Wildman–Crippen MR) is 112 cm³/mol. The molecule has 27 heavy (non-hydrogen) atoms. The predicted octanol–water partition coefficient (Wildman–Crippen LogP) is 3.60. The Morgan fingerprint density at radius 1 is 1.07 bits per heavy atom. The molecule has 1 fully saturated rings. The Balaban J connectivity index is 1.37. The van der Waals surface area contributed by atoms with Crippen LogP contribution in [0.1, 0.15) is 18.9 Å². The van der Waals surface area contributed by atoms with E-state index in [9.17, 15) is 4.79 Å². The Morgan fingerprint density at radius 3 is 2.52 bits per heavy atom. The molecule has 1 saturated heterocycles. The fourth-order valence-electron chi connectivity index (χ4n) is 3.46. The first-order valence-electron chi connectivity index (χ1n) is 9.66. The molecule has 0 unspecified atom stereocenters. The molecule has 1 aliphatic heterocycles. The second-order valence-corrected chi connectivity index (χ2v) is 7.67. The zero-order valence-electron chi connectivity index (χ0n) is 15.9. The van der Waals surface area contributed by atoms with E-state index >= 15 is 0 Å². The molecule has 1 heterocycles. The smallest absolute Gasteiger partial charge is 0.234 e. The summed E-state index contributed by atoms with van der Waals surface area (Å²) in [6.07, 6.45) is 1.94. The zero-order chi connectivity index (χ0) is 19.1. The van der Waals surface area contributed by atoms with Crippen LogP contribution in [0.15, 0.2) is 54.6 Å². The molecule has 3 rings (SSSR count). The third-order valence-corrected chi connectivity index (χ3v) is 5.26. The molecule has 0 radical (unpaired) electrons. The summed E-state index contributed by atoms with van der Waals surface area (Å²) in [6, 6.07) is 18.6. The van der Waals surface area contributed by atoms with Gasteiger partial charge in [-0.05, 0) is 43.5 Å². The van der Waals surface area contributed by atoms with Gasteiger partial charge in [-0.15, -0.1) is 0 Å². The highest BCUT2D eigenvalue weighted by Crippen LogP contribution is 2.20. The Labute approximate surface area is 167 Å². The summed E-state index contributed by atoms with van der Waals surface area (Å²) in [4.78, 5) is 16.9. The van der Waals surface area contributed by atoms with Crippen LogP contribution in [-0.4, -0.2) is 49.6 Å². The van der Waals surface area contributed by atoms with Gasteiger partial charge in [0.05, 0.1) is 6.54 Å². The van der Waals surface area contributed by atoms with E-state index in [0.29, 0.717) is 6.54 Å². The molecular weight excluding hydrogens is 358 g/mol. The molecule has 2 aromatic carbocycles. The summed E-state index contributed by atoms with van der Waals surface area (Å²) in [5.74, 6) is 0.117. The van der Waals surface area contributed by atoms with Crippen LogP contribution in [0.4, 0.5) is 5.69 Å². The molecule has 144 valence electrons. The van der Waals surface area contributed by atoms with Gasteiger partial charge in [0.25, 0.3) is 0 Å². The summed E-state index contributed by atoms with van der Waals surface area (Å²) in [7, 11) is 0. The van der Waals surface area contributed by atoms with Crippen molar-refractivity contribution in [2.24, 2.45) is 0 Å². The summed E-state index contributed by atoms with van der Waals surface area (Å²) >= 11 is 6.08. The van der Waals surface area contributed by atoms with Crippen molar-refractivity contribution < 1.29 is 4.79 Å². The van der Waals surface area contributed by atoms with Gasteiger partial charge in [-0.1, -0.05) is 48.0 Å². The van der Waals surface area contributed by atoms with Crippen LogP contribution in [0, 0.1) is 0 Å². The number of nitrogens with zero attached hydrogens (tertiary/aromatic N) is 2. The molecule has 1 aliphatic rings. The minimum Gasteiger partial charge on any atom is -0.369 e. The monoisotopic (exact) mass is 385 g/mol. The summed E-state index contributed by atoms with van der Waals surface area (Å²) in [5.41, 5.74) is 2.47. The lowest BCUT2D eigenvalue weighted by atomic mass is 10.1. The standard InChI is InChI=1S/C22H28ClN3O/c1-18(10-11-19-6-3-2-4-7-19)24-22(27)17-25-12-14-26(15-13-25)21-9-5-8-20(23)16-21/h2-9,16,18H,10-15,17H2,1H3,(H,24,27)/t18-/m1/s1. The van der Waals surface area contributed by atoms with Gasteiger partial charge in [-0.2, -0.15) is 0 Å². The average Bonchev–Trinajstić information content (AvgIpc) is 2.68. The van der Waals surface area contributed by atoms with Gasteiger partial charge < -0.3 is 10.2 Å². The first kappa shape index (κ1) is 19.7. The number of hydrogen-bond acceptors (Lipinski definition) is 3. The summed E-state index contributed by atoms with van der Waals surface area (Å²) in [5, 5.41) is 3.90. The number of aryl methyl sites for hydroxylation is 1. The maximum atomic E-state index is 12.3. The molecule has 1 amide bonds. The number of halogens is 1. The molecule has 0 bridgehead atoms. The van der Waals surface area contributed by atoms with Gasteiger partial charge in [0, 0.05) is 42.9 Å². The summed E-state index contributed by atoms with van der Waals surface area (Å²) in [6.45, 7) is 6.15. The van der Waals surface area contributed by atoms with Crippen LogP contribution in [-0.2, 0) is 11.2 Å². The van der Waals surface area contributed by atoms with E-state index in [0.717, 1.165) is 49.7 Å². The largest absolute Gasteiger partial charge is 0.369 e. The third kappa shape index (κ3) is 6.26. The number of nitrogens with one attached hydrogen (secondary N) is 1. The van der Waals surface area contributed by atoms with Crippen molar-refractivity contribution in [3.05, 3.63) is 65.2 Å². The highest BCUT2D eigenvalue weighted by atomic mass is 35.5. The number of anilines is 1. The van der Waals surface area contributed by atoms with Crippen LogP contribution in [0.5, 0.6) is 0 Å². The van der Waals surface area contributed by atoms with Crippen LogP contribution in [0.2, 0.25) is 5.02 Å². The number of carbonyl (C=O) groups excluding carboxylic acids is 1. The Morgan fingerprint density at radius 2 is 1.81 bits per heavy atom. The van der Waals surface area contributed by atoms with Crippen molar-refractivity contribution in [3.8, 4) is 0 Å². The average molecular weight is 386 g/mol. The van der Waals surface area contributed by atoms with Crippen LogP contribution >= 0.6 is 11.6 Å². The van der Waals surface area contributed by atoms with Crippen molar-refractivity contribution in [2.45, 2.75) is 25.8 Å². The van der Waals surface area contributed by atoms with Gasteiger partial charge in [0.2, 0.25) is 5.91 Å². The van der Waals surface area contributed by atoms with Crippen molar-refractivity contribution >= 4 is 23.2 Å². The maximum Gasteiger partial charge on any atom is 0.234 e. The molecule has 4 nitrogen and oxygen atoms in total. The quantitative estimate of drug-likeness (QED) is 0.791. The molecule has 0 aromatic heterocycles. The van der Waals surface area contributed by atoms with Crippen molar-refractivity contribution in [1.82, 2.24) is 10.2 Å². The van der Waals surface area contributed by atoms with E-state index in [-0.39, 0.29) is 11.9 Å². The fraction of sp³-hybridized carbons (Fsp3) is 0.409. The molecular formula is C22H28ClN3O. The molecule has 2 aromatic rings. The lowest BCUT2D eigenvalue weighted by Crippen LogP contribution is -2.50. The van der Waals surface area contributed by atoms with Crippen molar-refractivity contribution in [1.29, 1.82) is 0 Å². The number of hydrogen-bond donors (Lipinski definition) is 1. The van der Waals surface area contributed by atoms with Gasteiger partial charge in [0.1, 0.15) is 0 Å². The minimum absolute atomic E-state index is 0.117.